The molecule has 104 valence electrons. The molecule has 1 heterocycles. The molecule has 0 bridgehead atoms. The van der Waals surface area contributed by atoms with E-state index in [9.17, 15) is 5.11 Å². The molecule has 7 heteroatoms. The van der Waals surface area contributed by atoms with Crippen molar-refractivity contribution in [2.24, 2.45) is 7.05 Å². The van der Waals surface area contributed by atoms with Crippen molar-refractivity contribution in [1.82, 2.24) is 9.78 Å². The number of methoxy groups -OCH3 is 1. The zero-order valence-corrected chi connectivity index (χ0v) is 13.0. The number of benzene rings is 1. The summed E-state index contributed by atoms with van der Waals surface area (Å²) < 4.78 is 7.45. The number of nitrogens with one attached hydrogen (secondary N) is 1. The highest BCUT2D eigenvalue weighted by atomic mass is 79.9. The van der Waals surface area contributed by atoms with Crippen molar-refractivity contribution in [2.45, 2.75) is 6.54 Å². The van der Waals surface area contributed by atoms with Crippen LogP contribution in [-0.4, -0.2) is 22.0 Å². The maximum atomic E-state index is 9.70. The minimum Gasteiger partial charge on any atom is -0.503 e. The SMILES string of the molecule is COc1cc(CNc2cnn(C)c2)cc(Br)c1O.Cl. The van der Waals surface area contributed by atoms with Crippen LogP contribution in [0.5, 0.6) is 11.5 Å². The fourth-order valence-corrected chi connectivity index (χ4v) is 2.09. The Morgan fingerprint density at radius 3 is 2.79 bits per heavy atom. The number of ether oxygens (including phenoxy) is 1. The van der Waals surface area contributed by atoms with E-state index in [2.05, 4.69) is 26.3 Å². The first-order valence-corrected chi connectivity index (χ1v) is 6.17. The molecule has 2 rings (SSSR count). The Bertz CT molecular complexity index is 560. The molecule has 0 saturated carbocycles. The Morgan fingerprint density at radius 1 is 1.47 bits per heavy atom. The van der Waals surface area contributed by atoms with Gasteiger partial charge in [-0.3, -0.25) is 4.68 Å². The molecule has 0 spiro atoms. The van der Waals surface area contributed by atoms with Gasteiger partial charge in [-0.15, -0.1) is 12.4 Å². The summed E-state index contributed by atoms with van der Waals surface area (Å²) in [6.45, 7) is 0.626. The van der Waals surface area contributed by atoms with E-state index in [1.807, 2.05) is 19.3 Å². The summed E-state index contributed by atoms with van der Waals surface area (Å²) in [6.07, 6.45) is 3.65. The first-order valence-electron chi connectivity index (χ1n) is 5.38. The van der Waals surface area contributed by atoms with Crippen LogP contribution in [0.1, 0.15) is 5.56 Å². The molecule has 1 aromatic carbocycles. The minimum absolute atomic E-state index is 0. The van der Waals surface area contributed by atoms with Gasteiger partial charge in [-0.2, -0.15) is 5.10 Å². The summed E-state index contributed by atoms with van der Waals surface area (Å²) >= 11 is 3.29. The molecule has 5 nitrogen and oxygen atoms in total. The largest absolute Gasteiger partial charge is 0.503 e. The van der Waals surface area contributed by atoms with Crippen LogP contribution in [0.2, 0.25) is 0 Å². The fraction of sp³-hybridized carbons (Fsp3) is 0.250. The molecule has 1 aromatic heterocycles. The molecule has 0 unspecified atom stereocenters. The van der Waals surface area contributed by atoms with Gasteiger partial charge >= 0.3 is 0 Å². The summed E-state index contributed by atoms with van der Waals surface area (Å²) in [5.74, 6) is 0.565. The van der Waals surface area contributed by atoms with Crippen LogP contribution in [0.15, 0.2) is 29.0 Å². The maximum Gasteiger partial charge on any atom is 0.172 e. The number of rotatable bonds is 4. The number of phenols is 1. The number of hydrogen-bond donors (Lipinski definition) is 2. The molecule has 2 N–H and O–H groups in total. The molecule has 0 amide bonds. The van der Waals surface area contributed by atoms with Gasteiger partial charge in [0.25, 0.3) is 0 Å². The third kappa shape index (κ3) is 3.78. The topological polar surface area (TPSA) is 59.3 Å². The van der Waals surface area contributed by atoms with Crippen molar-refractivity contribution in [3.63, 3.8) is 0 Å². The van der Waals surface area contributed by atoms with E-state index < -0.39 is 0 Å². The zero-order chi connectivity index (χ0) is 13.1. The van der Waals surface area contributed by atoms with Gasteiger partial charge in [0.05, 0.1) is 23.5 Å². The van der Waals surface area contributed by atoms with Crippen LogP contribution in [0.4, 0.5) is 5.69 Å². The minimum atomic E-state index is 0. The lowest BCUT2D eigenvalue weighted by molar-refractivity contribution is 0.371. The third-order valence-corrected chi connectivity index (χ3v) is 3.11. The molecule has 0 fully saturated rings. The van der Waals surface area contributed by atoms with Gasteiger partial charge in [0.15, 0.2) is 11.5 Å². The van der Waals surface area contributed by atoms with E-state index in [1.54, 1.807) is 16.9 Å². The second-order valence-electron chi connectivity index (χ2n) is 3.88. The van der Waals surface area contributed by atoms with Crippen LogP contribution in [-0.2, 0) is 13.6 Å². The Morgan fingerprint density at radius 2 is 2.21 bits per heavy atom. The van der Waals surface area contributed by atoms with Gasteiger partial charge in [-0.1, -0.05) is 0 Å². The number of halogens is 2. The molecule has 0 aliphatic heterocycles. The summed E-state index contributed by atoms with van der Waals surface area (Å²) in [4.78, 5) is 0. The number of aryl methyl sites for hydroxylation is 1. The average molecular weight is 349 g/mol. The van der Waals surface area contributed by atoms with Crippen molar-refractivity contribution in [3.8, 4) is 11.5 Å². The summed E-state index contributed by atoms with van der Waals surface area (Å²) in [5, 5.41) is 17.0. The van der Waals surface area contributed by atoms with E-state index in [4.69, 9.17) is 4.74 Å². The van der Waals surface area contributed by atoms with Crippen molar-refractivity contribution in [1.29, 1.82) is 0 Å². The predicted octanol–water partition coefficient (Wildman–Crippen LogP) is 2.93. The third-order valence-electron chi connectivity index (χ3n) is 2.51. The molecule has 19 heavy (non-hydrogen) atoms. The normalized spacial score (nSPS) is 9.84. The van der Waals surface area contributed by atoms with Crippen molar-refractivity contribution < 1.29 is 9.84 Å². The average Bonchev–Trinajstić information content (AvgIpc) is 2.76. The molecular formula is C12H15BrClN3O2. The van der Waals surface area contributed by atoms with Crippen molar-refractivity contribution in [3.05, 3.63) is 34.6 Å². The Hall–Kier alpha value is -1.40. The van der Waals surface area contributed by atoms with E-state index >= 15 is 0 Å². The van der Waals surface area contributed by atoms with E-state index in [0.29, 0.717) is 16.8 Å². The van der Waals surface area contributed by atoms with Crippen molar-refractivity contribution >= 4 is 34.0 Å². The van der Waals surface area contributed by atoms with Gasteiger partial charge in [0.1, 0.15) is 0 Å². The number of anilines is 1. The van der Waals surface area contributed by atoms with E-state index in [0.717, 1.165) is 11.3 Å². The van der Waals surface area contributed by atoms with Crippen LogP contribution >= 0.6 is 28.3 Å². The molecule has 0 radical (unpaired) electrons. The summed E-state index contributed by atoms with van der Waals surface area (Å²) in [5.41, 5.74) is 1.95. The van der Waals surface area contributed by atoms with E-state index in [1.165, 1.54) is 7.11 Å². The highest BCUT2D eigenvalue weighted by Crippen LogP contribution is 2.35. The fourth-order valence-electron chi connectivity index (χ4n) is 1.60. The molecule has 2 aromatic rings. The second-order valence-corrected chi connectivity index (χ2v) is 4.74. The highest BCUT2D eigenvalue weighted by molar-refractivity contribution is 9.10. The number of aromatic nitrogens is 2. The number of phenolic OH excluding ortho intramolecular Hbond substituents is 1. The van der Waals surface area contributed by atoms with Gasteiger partial charge in [0, 0.05) is 19.8 Å². The van der Waals surface area contributed by atoms with E-state index in [-0.39, 0.29) is 18.2 Å². The molecular weight excluding hydrogens is 334 g/mol. The van der Waals surface area contributed by atoms with Crippen LogP contribution < -0.4 is 10.1 Å². The lowest BCUT2D eigenvalue weighted by atomic mass is 10.2. The molecule has 0 atom stereocenters. The maximum absolute atomic E-state index is 9.70. The van der Waals surface area contributed by atoms with Gasteiger partial charge < -0.3 is 15.2 Å². The highest BCUT2D eigenvalue weighted by Gasteiger charge is 2.08. The predicted molar refractivity (Wildman–Crippen MR) is 80.1 cm³/mol. The van der Waals surface area contributed by atoms with Gasteiger partial charge in [-0.25, -0.2) is 0 Å². The molecule has 0 aliphatic rings. The number of hydrogen-bond acceptors (Lipinski definition) is 4. The van der Waals surface area contributed by atoms with Crippen LogP contribution in [0.3, 0.4) is 0 Å². The standard InChI is InChI=1S/C12H14BrN3O2.ClH/c1-16-7-9(6-15-16)14-5-8-3-10(13)12(17)11(4-8)18-2;/h3-4,6-7,14,17H,5H2,1-2H3;1H. The Kier molecular flexibility index (Phi) is 5.50. The quantitative estimate of drug-likeness (QED) is 0.892. The summed E-state index contributed by atoms with van der Waals surface area (Å²) in [6, 6.07) is 3.64. The van der Waals surface area contributed by atoms with Crippen LogP contribution in [0, 0.1) is 0 Å². The molecule has 0 saturated heterocycles. The number of aromatic hydroxyl groups is 1. The van der Waals surface area contributed by atoms with Crippen molar-refractivity contribution in [2.75, 3.05) is 12.4 Å². The zero-order valence-electron chi connectivity index (χ0n) is 10.6. The molecule has 0 aliphatic carbocycles. The first-order chi connectivity index (χ1) is 8.60. The monoisotopic (exact) mass is 347 g/mol. The van der Waals surface area contributed by atoms with Gasteiger partial charge in [0.2, 0.25) is 0 Å². The summed E-state index contributed by atoms with van der Waals surface area (Å²) in [7, 11) is 3.39. The number of nitrogens with zero attached hydrogens (tertiary/aromatic N) is 2. The smallest absolute Gasteiger partial charge is 0.172 e. The lowest BCUT2D eigenvalue weighted by Crippen LogP contribution is -1.99. The lowest BCUT2D eigenvalue weighted by Gasteiger charge is -2.09. The first kappa shape index (κ1) is 15.7. The second kappa shape index (κ2) is 6.68. The Labute approximate surface area is 126 Å². The van der Waals surface area contributed by atoms with Crippen LogP contribution in [0.25, 0.3) is 0 Å². The Balaban J connectivity index is 0.00000180. The van der Waals surface area contributed by atoms with Gasteiger partial charge in [-0.05, 0) is 33.6 Å².